The van der Waals surface area contributed by atoms with Crippen LogP contribution in [0.5, 0.6) is 0 Å². The first kappa shape index (κ1) is 14.3. The van der Waals surface area contributed by atoms with Gasteiger partial charge in [-0.25, -0.2) is 0 Å². The zero-order chi connectivity index (χ0) is 12.7. The Morgan fingerprint density at radius 2 is 2.18 bits per heavy atom. The molecule has 0 aromatic carbocycles. The van der Waals surface area contributed by atoms with Gasteiger partial charge < -0.3 is 14.8 Å². The molecule has 0 amide bonds. The van der Waals surface area contributed by atoms with Gasteiger partial charge in [-0.05, 0) is 39.4 Å². The van der Waals surface area contributed by atoms with Crippen LogP contribution in [0.15, 0.2) is 18.3 Å². The van der Waals surface area contributed by atoms with Crippen LogP contribution in [0.3, 0.4) is 0 Å². The second kappa shape index (κ2) is 7.51. The molecule has 3 heteroatoms. The molecule has 0 aliphatic heterocycles. The average Bonchev–Trinajstić information content (AvgIpc) is 2.72. The van der Waals surface area contributed by atoms with Gasteiger partial charge in [0.15, 0.2) is 0 Å². The summed E-state index contributed by atoms with van der Waals surface area (Å²) in [7, 11) is 2.17. The van der Waals surface area contributed by atoms with E-state index in [2.05, 4.69) is 60.9 Å². The van der Waals surface area contributed by atoms with E-state index in [1.165, 1.54) is 12.1 Å². The third-order valence-corrected chi connectivity index (χ3v) is 3.22. The third-order valence-electron chi connectivity index (χ3n) is 3.22. The van der Waals surface area contributed by atoms with Crippen molar-refractivity contribution in [2.45, 2.75) is 46.3 Å². The maximum Gasteiger partial charge on any atom is 0.0359 e. The number of hydrogen-bond acceptors (Lipinski definition) is 2. The average molecular weight is 237 g/mol. The fourth-order valence-corrected chi connectivity index (χ4v) is 1.80. The lowest BCUT2D eigenvalue weighted by Crippen LogP contribution is -2.33. The molecule has 17 heavy (non-hydrogen) atoms. The normalized spacial score (nSPS) is 11.6. The van der Waals surface area contributed by atoms with Gasteiger partial charge in [0, 0.05) is 44.1 Å². The standard InChI is InChI=1S/C14H27N3/c1-5-9-17-10-6-7-14(17)12-15-8-11-16(4)13(2)3/h6-7,10,13,15H,5,8-9,11-12H2,1-4H3. The second-order valence-corrected chi connectivity index (χ2v) is 4.94. The van der Waals surface area contributed by atoms with Crippen molar-refractivity contribution in [1.82, 2.24) is 14.8 Å². The van der Waals surface area contributed by atoms with Gasteiger partial charge in [0.1, 0.15) is 0 Å². The Hall–Kier alpha value is -0.800. The van der Waals surface area contributed by atoms with Crippen LogP contribution < -0.4 is 5.32 Å². The van der Waals surface area contributed by atoms with E-state index in [4.69, 9.17) is 0 Å². The largest absolute Gasteiger partial charge is 0.350 e. The summed E-state index contributed by atoms with van der Waals surface area (Å²) in [5, 5.41) is 3.51. The molecule has 1 N–H and O–H groups in total. The van der Waals surface area contributed by atoms with Gasteiger partial charge in [0.25, 0.3) is 0 Å². The number of nitrogens with one attached hydrogen (secondary N) is 1. The number of hydrogen-bond donors (Lipinski definition) is 1. The summed E-state index contributed by atoms with van der Waals surface area (Å²) in [5.74, 6) is 0. The molecule has 0 saturated carbocycles. The van der Waals surface area contributed by atoms with Crippen LogP contribution in [0, 0.1) is 0 Å². The van der Waals surface area contributed by atoms with Crippen molar-refractivity contribution < 1.29 is 0 Å². The zero-order valence-electron chi connectivity index (χ0n) is 11.7. The molecule has 0 bridgehead atoms. The molecule has 3 nitrogen and oxygen atoms in total. The quantitative estimate of drug-likeness (QED) is 0.700. The van der Waals surface area contributed by atoms with Gasteiger partial charge in [0.05, 0.1) is 0 Å². The lowest BCUT2D eigenvalue weighted by Gasteiger charge is -2.21. The maximum absolute atomic E-state index is 3.51. The number of aryl methyl sites for hydroxylation is 1. The number of aromatic nitrogens is 1. The van der Waals surface area contributed by atoms with Crippen LogP contribution >= 0.6 is 0 Å². The van der Waals surface area contributed by atoms with Crippen LogP contribution in [-0.4, -0.2) is 35.6 Å². The highest BCUT2D eigenvalue weighted by Gasteiger charge is 2.03. The zero-order valence-corrected chi connectivity index (χ0v) is 11.7. The summed E-state index contributed by atoms with van der Waals surface area (Å²) in [4.78, 5) is 2.36. The predicted octanol–water partition coefficient (Wildman–Crippen LogP) is 2.33. The summed E-state index contributed by atoms with van der Waals surface area (Å²) in [6.45, 7) is 10.9. The molecule has 0 aliphatic carbocycles. The Balaban J connectivity index is 2.24. The van der Waals surface area contributed by atoms with Crippen LogP contribution in [0.2, 0.25) is 0 Å². The molecular formula is C14H27N3. The molecule has 0 radical (unpaired) electrons. The van der Waals surface area contributed by atoms with Gasteiger partial charge in [-0.1, -0.05) is 6.92 Å². The molecule has 0 spiro atoms. The minimum absolute atomic E-state index is 0.626. The molecule has 0 atom stereocenters. The van der Waals surface area contributed by atoms with E-state index in [1.807, 2.05) is 0 Å². The molecular weight excluding hydrogens is 210 g/mol. The van der Waals surface area contributed by atoms with Crippen molar-refractivity contribution in [1.29, 1.82) is 0 Å². The van der Waals surface area contributed by atoms with Crippen LogP contribution in [0.1, 0.15) is 32.9 Å². The lowest BCUT2D eigenvalue weighted by molar-refractivity contribution is 0.273. The molecule has 98 valence electrons. The van der Waals surface area contributed by atoms with Crippen LogP contribution in [0.4, 0.5) is 0 Å². The lowest BCUT2D eigenvalue weighted by atomic mass is 10.3. The summed E-state index contributed by atoms with van der Waals surface area (Å²) in [6, 6.07) is 4.96. The van der Waals surface area contributed by atoms with E-state index in [0.29, 0.717) is 6.04 Å². The first-order chi connectivity index (χ1) is 8.15. The molecule has 0 saturated heterocycles. The van der Waals surface area contributed by atoms with Crippen molar-refractivity contribution in [2.24, 2.45) is 0 Å². The Bertz CT molecular complexity index is 304. The van der Waals surface area contributed by atoms with Gasteiger partial charge in [-0.2, -0.15) is 0 Å². The molecule has 1 heterocycles. The van der Waals surface area contributed by atoms with E-state index >= 15 is 0 Å². The van der Waals surface area contributed by atoms with Gasteiger partial charge >= 0.3 is 0 Å². The monoisotopic (exact) mass is 237 g/mol. The van der Waals surface area contributed by atoms with E-state index in [1.54, 1.807) is 0 Å². The van der Waals surface area contributed by atoms with E-state index in [0.717, 1.165) is 26.2 Å². The highest BCUT2D eigenvalue weighted by molar-refractivity contribution is 5.06. The van der Waals surface area contributed by atoms with Crippen LogP contribution in [-0.2, 0) is 13.1 Å². The molecule has 0 unspecified atom stereocenters. The SMILES string of the molecule is CCCn1cccc1CNCCN(C)C(C)C. The van der Waals surface area contributed by atoms with Crippen molar-refractivity contribution in [2.75, 3.05) is 20.1 Å². The highest BCUT2D eigenvalue weighted by Crippen LogP contribution is 2.03. The Morgan fingerprint density at radius 3 is 2.82 bits per heavy atom. The smallest absolute Gasteiger partial charge is 0.0359 e. The van der Waals surface area contributed by atoms with Gasteiger partial charge in [-0.3, -0.25) is 0 Å². The summed E-state index contributed by atoms with van der Waals surface area (Å²) < 4.78 is 2.33. The highest BCUT2D eigenvalue weighted by atomic mass is 15.1. The number of likely N-dealkylation sites (N-methyl/N-ethyl adjacent to an activating group) is 1. The summed E-state index contributed by atoms with van der Waals surface area (Å²) in [5.41, 5.74) is 1.39. The first-order valence-electron chi connectivity index (χ1n) is 6.70. The van der Waals surface area contributed by atoms with Gasteiger partial charge in [0.2, 0.25) is 0 Å². The molecule has 1 aromatic rings. The Morgan fingerprint density at radius 1 is 1.41 bits per heavy atom. The summed E-state index contributed by atoms with van der Waals surface area (Å²) >= 11 is 0. The molecule has 0 aliphatic rings. The van der Waals surface area contributed by atoms with E-state index < -0.39 is 0 Å². The van der Waals surface area contributed by atoms with Crippen molar-refractivity contribution in [3.05, 3.63) is 24.0 Å². The van der Waals surface area contributed by atoms with E-state index in [9.17, 15) is 0 Å². The molecule has 0 fully saturated rings. The Labute approximate surface area is 106 Å². The van der Waals surface area contributed by atoms with Crippen molar-refractivity contribution >= 4 is 0 Å². The predicted molar refractivity (Wildman–Crippen MR) is 74.2 cm³/mol. The summed E-state index contributed by atoms with van der Waals surface area (Å²) in [6.07, 6.45) is 3.36. The topological polar surface area (TPSA) is 20.2 Å². The number of nitrogens with zero attached hydrogens (tertiary/aromatic N) is 2. The van der Waals surface area contributed by atoms with Gasteiger partial charge in [-0.15, -0.1) is 0 Å². The fourth-order valence-electron chi connectivity index (χ4n) is 1.80. The van der Waals surface area contributed by atoms with Crippen LogP contribution in [0.25, 0.3) is 0 Å². The molecule has 1 rings (SSSR count). The first-order valence-corrected chi connectivity index (χ1v) is 6.70. The minimum atomic E-state index is 0.626. The Kier molecular flexibility index (Phi) is 6.30. The maximum atomic E-state index is 3.51. The fraction of sp³-hybridized carbons (Fsp3) is 0.714. The van der Waals surface area contributed by atoms with Crippen molar-refractivity contribution in [3.63, 3.8) is 0 Å². The second-order valence-electron chi connectivity index (χ2n) is 4.94. The minimum Gasteiger partial charge on any atom is -0.350 e. The molecule has 1 aromatic heterocycles. The van der Waals surface area contributed by atoms with Crippen molar-refractivity contribution in [3.8, 4) is 0 Å². The number of rotatable bonds is 8. The third kappa shape index (κ3) is 4.92. The van der Waals surface area contributed by atoms with E-state index in [-0.39, 0.29) is 0 Å².